The van der Waals surface area contributed by atoms with Crippen LogP contribution in [-0.4, -0.2) is 44.7 Å². The maximum atomic E-state index is 13.0. The Morgan fingerprint density at radius 2 is 1.86 bits per heavy atom. The third-order valence-corrected chi connectivity index (χ3v) is 6.40. The van der Waals surface area contributed by atoms with E-state index < -0.39 is 14.9 Å². The Bertz CT molecular complexity index is 1070. The molecular weight excluding hydrogens is 404 g/mol. The third-order valence-electron chi connectivity index (χ3n) is 4.60. The summed E-state index contributed by atoms with van der Waals surface area (Å²) in [7, 11) is -2.49. The highest BCUT2D eigenvalue weighted by molar-refractivity contribution is 7.89. The van der Waals surface area contributed by atoms with E-state index in [9.17, 15) is 18.5 Å². The van der Waals surface area contributed by atoms with Gasteiger partial charge in [0.2, 0.25) is 10.0 Å². The number of hydrogen-bond acceptors (Lipinski definition) is 8. The number of fused-ring (bicyclic) bond motifs is 2. The van der Waals surface area contributed by atoms with E-state index in [2.05, 4.69) is 0 Å². The predicted octanol–water partition coefficient (Wildman–Crippen LogP) is 2.05. The van der Waals surface area contributed by atoms with Gasteiger partial charge < -0.3 is 18.9 Å². The number of sulfonamides is 1. The Morgan fingerprint density at radius 1 is 1.10 bits per heavy atom. The molecule has 4 rings (SSSR count). The number of hydrogen-bond donors (Lipinski definition) is 0. The van der Waals surface area contributed by atoms with E-state index in [1.54, 1.807) is 6.07 Å². The van der Waals surface area contributed by atoms with Crippen molar-refractivity contribution < 1.29 is 32.3 Å². The molecule has 29 heavy (non-hydrogen) atoms. The van der Waals surface area contributed by atoms with Crippen molar-refractivity contribution in [2.24, 2.45) is 0 Å². The van der Waals surface area contributed by atoms with Crippen molar-refractivity contribution in [2.75, 3.05) is 27.1 Å². The highest BCUT2D eigenvalue weighted by Crippen LogP contribution is 2.36. The molecule has 2 aliphatic heterocycles. The first kappa shape index (κ1) is 19.4. The average Bonchev–Trinajstić information content (AvgIpc) is 2.73. The monoisotopic (exact) mass is 422 g/mol. The fourth-order valence-electron chi connectivity index (χ4n) is 3.19. The van der Waals surface area contributed by atoms with E-state index >= 15 is 0 Å². The van der Waals surface area contributed by atoms with Crippen molar-refractivity contribution in [2.45, 2.75) is 18.0 Å². The zero-order valence-corrected chi connectivity index (χ0v) is 16.3. The fraction of sp³-hybridized carbons (Fsp3) is 0.333. The summed E-state index contributed by atoms with van der Waals surface area (Å²) in [6.45, 7) is 0.784. The SMILES string of the molecule is CN(Cc1cc([N+](=O)[O-])cc2c1OCOC2)S(=O)(=O)c1ccc2c(c1)OCCO2. The number of benzene rings is 2. The molecule has 2 aliphatic rings. The Hall–Kier alpha value is -2.89. The first-order valence-electron chi connectivity index (χ1n) is 8.73. The average molecular weight is 422 g/mol. The molecule has 0 unspecified atom stereocenters. The standard InChI is InChI=1S/C18H18N2O8S/c1-19(29(23,24)15-2-3-16-17(8-15)27-5-4-26-16)9-12-6-14(20(21)22)7-13-10-25-11-28-18(12)13/h2-3,6-8H,4-5,9-11H2,1H3. The molecule has 0 bridgehead atoms. The van der Waals surface area contributed by atoms with Gasteiger partial charge in [-0.25, -0.2) is 8.42 Å². The topological polar surface area (TPSA) is 117 Å². The van der Waals surface area contributed by atoms with Crippen molar-refractivity contribution in [3.05, 3.63) is 51.6 Å². The molecule has 0 aliphatic carbocycles. The lowest BCUT2D eigenvalue weighted by Gasteiger charge is -2.24. The van der Waals surface area contributed by atoms with E-state index in [1.807, 2.05) is 0 Å². The lowest BCUT2D eigenvalue weighted by molar-refractivity contribution is -0.385. The normalized spacial score (nSPS) is 15.5. The first-order valence-corrected chi connectivity index (χ1v) is 10.2. The molecule has 0 spiro atoms. The molecule has 11 heteroatoms. The number of nitrogens with zero attached hydrogens (tertiary/aromatic N) is 2. The summed E-state index contributed by atoms with van der Waals surface area (Å²) in [5, 5.41) is 11.2. The molecule has 0 saturated heterocycles. The van der Waals surface area contributed by atoms with Crippen LogP contribution in [0.25, 0.3) is 0 Å². The number of non-ortho nitro benzene ring substituents is 1. The molecule has 2 heterocycles. The van der Waals surface area contributed by atoms with E-state index in [1.165, 1.54) is 31.3 Å². The van der Waals surface area contributed by atoms with Crippen LogP contribution < -0.4 is 14.2 Å². The Kier molecular flexibility index (Phi) is 5.03. The number of ether oxygens (including phenoxy) is 4. The van der Waals surface area contributed by atoms with Crippen LogP contribution in [0.5, 0.6) is 17.2 Å². The molecule has 0 atom stereocenters. The minimum Gasteiger partial charge on any atom is -0.486 e. The predicted molar refractivity (Wildman–Crippen MR) is 99.5 cm³/mol. The molecule has 0 amide bonds. The van der Waals surface area contributed by atoms with Crippen LogP contribution in [0, 0.1) is 10.1 Å². The van der Waals surface area contributed by atoms with E-state index in [0.717, 1.165) is 4.31 Å². The largest absolute Gasteiger partial charge is 0.486 e. The van der Waals surface area contributed by atoms with Gasteiger partial charge in [-0.05, 0) is 12.1 Å². The van der Waals surface area contributed by atoms with Crippen LogP contribution in [0.15, 0.2) is 35.2 Å². The van der Waals surface area contributed by atoms with Crippen LogP contribution in [-0.2, 0) is 27.9 Å². The minimum atomic E-state index is -3.89. The van der Waals surface area contributed by atoms with Gasteiger partial charge in [-0.15, -0.1) is 0 Å². The second-order valence-corrected chi connectivity index (χ2v) is 8.57. The summed E-state index contributed by atoms with van der Waals surface area (Å²) in [6, 6.07) is 7.08. The molecule has 0 saturated carbocycles. The highest BCUT2D eigenvalue weighted by Gasteiger charge is 2.27. The quantitative estimate of drug-likeness (QED) is 0.531. The van der Waals surface area contributed by atoms with Crippen LogP contribution in [0.4, 0.5) is 5.69 Å². The maximum absolute atomic E-state index is 13.0. The smallest absolute Gasteiger partial charge is 0.270 e. The molecule has 0 aromatic heterocycles. The second kappa shape index (κ2) is 7.50. The Morgan fingerprint density at radius 3 is 2.62 bits per heavy atom. The van der Waals surface area contributed by atoms with Crippen molar-refractivity contribution in [3.8, 4) is 17.2 Å². The lowest BCUT2D eigenvalue weighted by Crippen LogP contribution is -2.27. The molecule has 0 N–H and O–H groups in total. The fourth-order valence-corrected chi connectivity index (χ4v) is 4.36. The molecule has 2 aromatic carbocycles. The van der Waals surface area contributed by atoms with Crippen molar-refractivity contribution in [1.82, 2.24) is 4.31 Å². The minimum absolute atomic E-state index is 0.00354. The molecular formula is C18H18N2O8S. The van der Waals surface area contributed by atoms with Crippen molar-refractivity contribution in [3.63, 3.8) is 0 Å². The lowest BCUT2D eigenvalue weighted by atomic mass is 10.1. The first-order chi connectivity index (χ1) is 13.9. The van der Waals surface area contributed by atoms with Crippen LogP contribution in [0.2, 0.25) is 0 Å². The van der Waals surface area contributed by atoms with E-state index in [-0.39, 0.29) is 30.5 Å². The van der Waals surface area contributed by atoms with Crippen LogP contribution in [0.1, 0.15) is 11.1 Å². The summed E-state index contributed by atoms with van der Waals surface area (Å²) in [5.74, 6) is 1.25. The van der Waals surface area contributed by atoms with Crippen molar-refractivity contribution >= 4 is 15.7 Å². The number of nitro groups is 1. The van der Waals surface area contributed by atoms with Gasteiger partial charge >= 0.3 is 0 Å². The summed E-state index contributed by atoms with van der Waals surface area (Å²) in [5.41, 5.74) is 0.740. The Balaban J connectivity index is 1.66. The van der Waals surface area contributed by atoms with Gasteiger partial charge in [-0.1, -0.05) is 0 Å². The molecule has 10 nitrogen and oxygen atoms in total. The second-order valence-electron chi connectivity index (χ2n) is 6.53. The van der Waals surface area contributed by atoms with Crippen LogP contribution >= 0.6 is 0 Å². The zero-order chi connectivity index (χ0) is 20.6. The molecule has 0 radical (unpaired) electrons. The van der Waals surface area contributed by atoms with Gasteiger partial charge in [0.05, 0.1) is 16.4 Å². The highest BCUT2D eigenvalue weighted by atomic mass is 32.2. The Labute approximate surface area is 166 Å². The molecule has 154 valence electrons. The van der Waals surface area contributed by atoms with Crippen molar-refractivity contribution in [1.29, 1.82) is 0 Å². The van der Waals surface area contributed by atoms with Gasteiger partial charge in [0.1, 0.15) is 19.0 Å². The van der Waals surface area contributed by atoms with Gasteiger partial charge in [0, 0.05) is 42.9 Å². The summed E-state index contributed by atoms with van der Waals surface area (Å²) >= 11 is 0. The van der Waals surface area contributed by atoms with Gasteiger partial charge in [0.25, 0.3) is 5.69 Å². The summed E-state index contributed by atoms with van der Waals surface area (Å²) in [4.78, 5) is 10.7. The maximum Gasteiger partial charge on any atom is 0.270 e. The third kappa shape index (κ3) is 3.71. The van der Waals surface area contributed by atoms with Gasteiger partial charge in [-0.2, -0.15) is 4.31 Å². The molecule has 2 aromatic rings. The zero-order valence-electron chi connectivity index (χ0n) is 15.5. The summed E-state index contributed by atoms with van der Waals surface area (Å²) < 4.78 is 48.7. The van der Waals surface area contributed by atoms with Gasteiger partial charge in [0.15, 0.2) is 18.3 Å². The van der Waals surface area contributed by atoms with Gasteiger partial charge in [-0.3, -0.25) is 10.1 Å². The van der Waals surface area contributed by atoms with Crippen LogP contribution in [0.3, 0.4) is 0 Å². The number of nitro benzene ring substituents is 1. The van der Waals surface area contributed by atoms with E-state index in [0.29, 0.717) is 41.6 Å². The molecule has 0 fully saturated rings. The number of rotatable bonds is 5. The summed E-state index contributed by atoms with van der Waals surface area (Å²) in [6.07, 6.45) is 0. The van der Waals surface area contributed by atoms with E-state index in [4.69, 9.17) is 18.9 Å².